The first kappa shape index (κ1) is 21.8. The van der Waals surface area contributed by atoms with Gasteiger partial charge in [0, 0.05) is 24.1 Å². The second-order valence-electron chi connectivity index (χ2n) is 8.00. The number of ketones is 1. The van der Waals surface area contributed by atoms with E-state index < -0.39 is 5.54 Å². The summed E-state index contributed by atoms with van der Waals surface area (Å²) in [5.74, 6) is -0.328. The number of nitrogens with zero attached hydrogens (tertiary/aromatic N) is 2. The molecule has 29 heavy (non-hydrogen) atoms. The summed E-state index contributed by atoms with van der Waals surface area (Å²) in [4.78, 5) is 41.7. The molecule has 1 amide bonds. The Bertz CT molecular complexity index is 776. The number of benzene rings is 1. The molecule has 0 radical (unpaired) electrons. The monoisotopic (exact) mass is 420 g/mol. The van der Waals surface area contributed by atoms with Crippen LogP contribution in [0.25, 0.3) is 0 Å². The second kappa shape index (κ2) is 9.26. The number of carbonyl (C=O) groups is 3. The van der Waals surface area contributed by atoms with E-state index in [2.05, 4.69) is 0 Å². The van der Waals surface area contributed by atoms with E-state index in [4.69, 9.17) is 16.3 Å². The van der Waals surface area contributed by atoms with Crippen molar-refractivity contribution in [3.05, 3.63) is 34.9 Å². The molecule has 3 rings (SSSR count). The predicted octanol–water partition coefficient (Wildman–Crippen LogP) is 3.02. The van der Waals surface area contributed by atoms with E-state index in [1.54, 1.807) is 18.0 Å². The molecule has 1 aromatic rings. The van der Waals surface area contributed by atoms with Crippen LogP contribution in [0.4, 0.5) is 0 Å². The third-order valence-corrected chi connectivity index (χ3v) is 6.73. The van der Waals surface area contributed by atoms with Gasteiger partial charge in [0.2, 0.25) is 5.91 Å². The van der Waals surface area contributed by atoms with Gasteiger partial charge in [-0.3, -0.25) is 19.3 Å². The molecule has 0 spiro atoms. The lowest BCUT2D eigenvalue weighted by Gasteiger charge is -2.44. The summed E-state index contributed by atoms with van der Waals surface area (Å²) in [6, 6.07) is 7.33. The highest BCUT2D eigenvalue weighted by atomic mass is 35.5. The Labute approximate surface area is 177 Å². The minimum Gasteiger partial charge on any atom is -0.469 e. The maximum absolute atomic E-state index is 13.2. The molecule has 1 unspecified atom stereocenters. The van der Waals surface area contributed by atoms with E-state index in [0.717, 1.165) is 12.8 Å². The summed E-state index contributed by atoms with van der Waals surface area (Å²) in [5, 5.41) is 0.515. The summed E-state index contributed by atoms with van der Waals surface area (Å²) in [6.07, 6.45) is 4.11. The first-order valence-corrected chi connectivity index (χ1v) is 10.6. The largest absolute Gasteiger partial charge is 0.469 e. The molecule has 158 valence electrons. The Morgan fingerprint density at radius 3 is 2.55 bits per heavy atom. The van der Waals surface area contributed by atoms with Gasteiger partial charge in [0.05, 0.1) is 19.6 Å². The van der Waals surface area contributed by atoms with Crippen LogP contribution in [-0.4, -0.2) is 61.3 Å². The third-order valence-electron chi connectivity index (χ3n) is 6.40. The topological polar surface area (TPSA) is 66.9 Å². The summed E-state index contributed by atoms with van der Waals surface area (Å²) in [5.41, 5.74) is -0.288. The molecule has 0 aromatic heterocycles. The van der Waals surface area contributed by atoms with Crippen LogP contribution in [0, 0.1) is 5.92 Å². The van der Waals surface area contributed by atoms with Crippen molar-refractivity contribution in [2.45, 2.75) is 44.1 Å². The molecule has 1 saturated carbocycles. The Balaban J connectivity index is 1.76. The number of likely N-dealkylation sites (tertiary alicyclic amines) is 1. The lowest BCUT2D eigenvalue weighted by atomic mass is 9.74. The number of ether oxygens (including phenoxy) is 1. The van der Waals surface area contributed by atoms with Gasteiger partial charge in [0.1, 0.15) is 5.54 Å². The van der Waals surface area contributed by atoms with Crippen molar-refractivity contribution in [3.63, 3.8) is 0 Å². The van der Waals surface area contributed by atoms with Gasteiger partial charge in [0.25, 0.3) is 0 Å². The number of carbonyl (C=O) groups excluding carboxylic acids is 3. The number of piperidine rings is 1. The van der Waals surface area contributed by atoms with Gasteiger partial charge in [-0.05, 0) is 51.3 Å². The normalized spacial score (nSPS) is 23.6. The highest BCUT2D eigenvalue weighted by Crippen LogP contribution is 2.42. The summed E-state index contributed by atoms with van der Waals surface area (Å²) < 4.78 is 4.83. The van der Waals surface area contributed by atoms with E-state index >= 15 is 0 Å². The van der Waals surface area contributed by atoms with E-state index in [-0.39, 0.29) is 30.1 Å². The molecule has 1 heterocycles. The molecular weight excluding hydrogens is 392 g/mol. The second-order valence-corrected chi connectivity index (χ2v) is 8.40. The number of likely N-dealkylation sites (N-methyl/N-ethyl adjacent to an activating group) is 1. The zero-order chi connectivity index (χ0) is 21.0. The number of amides is 1. The van der Waals surface area contributed by atoms with Crippen LogP contribution in [0.5, 0.6) is 0 Å². The van der Waals surface area contributed by atoms with Crippen LogP contribution in [0.1, 0.15) is 44.1 Å². The Kier molecular flexibility index (Phi) is 6.96. The standard InChI is InChI=1S/C22H29ClN2O4/c1-24(20(27)15-25-13-10-16(11-14-25)21(28)29-2)22(12-6-5-9-19(22)26)17-7-3-4-8-18(17)23/h3-4,7-8,16H,5-6,9-15H2,1-2H3. The van der Waals surface area contributed by atoms with Gasteiger partial charge in [0.15, 0.2) is 5.78 Å². The zero-order valence-corrected chi connectivity index (χ0v) is 17.9. The first-order chi connectivity index (χ1) is 13.9. The van der Waals surface area contributed by atoms with E-state index in [1.807, 2.05) is 23.1 Å². The van der Waals surface area contributed by atoms with Gasteiger partial charge in [-0.1, -0.05) is 29.8 Å². The molecule has 2 aliphatic rings. The maximum Gasteiger partial charge on any atom is 0.308 e. The summed E-state index contributed by atoms with van der Waals surface area (Å²) >= 11 is 6.47. The van der Waals surface area contributed by atoms with Gasteiger partial charge in [-0.15, -0.1) is 0 Å². The molecule has 2 fully saturated rings. The molecule has 0 bridgehead atoms. The first-order valence-electron chi connectivity index (χ1n) is 10.3. The van der Waals surface area contributed by atoms with Gasteiger partial charge >= 0.3 is 5.97 Å². The Hall–Kier alpha value is -1.92. The van der Waals surface area contributed by atoms with E-state index in [9.17, 15) is 14.4 Å². The number of halogens is 1. The number of Topliss-reactive ketones (excluding diaryl/α,β-unsaturated/α-hetero) is 1. The summed E-state index contributed by atoms with van der Waals surface area (Å²) in [6.45, 7) is 1.54. The molecular formula is C22H29ClN2O4. The van der Waals surface area contributed by atoms with Crippen molar-refractivity contribution in [2.75, 3.05) is 33.8 Å². The number of hydrogen-bond donors (Lipinski definition) is 0. The minimum absolute atomic E-state index is 0.0529. The molecule has 1 aliphatic carbocycles. The molecule has 1 aliphatic heterocycles. The van der Waals surface area contributed by atoms with Crippen LogP contribution in [0.2, 0.25) is 5.02 Å². The van der Waals surface area contributed by atoms with Crippen LogP contribution in [0.3, 0.4) is 0 Å². The van der Waals surface area contributed by atoms with Crippen molar-refractivity contribution < 1.29 is 19.1 Å². The quantitative estimate of drug-likeness (QED) is 0.685. The average Bonchev–Trinajstić information content (AvgIpc) is 2.74. The fraction of sp³-hybridized carbons (Fsp3) is 0.591. The summed E-state index contributed by atoms with van der Waals surface area (Å²) in [7, 11) is 3.12. The molecule has 7 heteroatoms. The lowest BCUT2D eigenvalue weighted by Crippen LogP contribution is -2.56. The predicted molar refractivity (Wildman–Crippen MR) is 111 cm³/mol. The Morgan fingerprint density at radius 1 is 1.24 bits per heavy atom. The van der Waals surface area contributed by atoms with Crippen LogP contribution in [-0.2, 0) is 24.7 Å². The van der Waals surface area contributed by atoms with Crippen LogP contribution in [0.15, 0.2) is 24.3 Å². The van der Waals surface area contributed by atoms with Crippen molar-refractivity contribution in [2.24, 2.45) is 5.92 Å². The number of methoxy groups -OCH3 is 1. The Morgan fingerprint density at radius 2 is 1.93 bits per heavy atom. The van der Waals surface area contributed by atoms with Gasteiger partial charge < -0.3 is 9.64 Å². The lowest BCUT2D eigenvalue weighted by molar-refractivity contribution is -0.150. The molecule has 1 saturated heterocycles. The smallest absolute Gasteiger partial charge is 0.308 e. The van der Waals surface area contributed by atoms with Crippen molar-refractivity contribution >= 4 is 29.3 Å². The van der Waals surface area contributed by atoms with Gasteiger partial charge in [-0.25, -0.2) is 0 Å². The highest BCUT2D eigenvalue weighted by Gasteiger charge is 2.48. The molecule has 1 atom stereocenters. The van der Waals surface area contributed by atoms with Crippen molar-refractivity contribution in [3.8, 4) is 0 Å². The fourth-order valence-corrected chi connectivity index (χ4v) is 4.93. The van der Waals surface area contributed by atoms with Crippen molar-refractivity contribution in [1.29, 1.82) is 0 Å². The average molecular weight is 421 g/mol. The number of esters is 1. The maximum atomic E-state index is 13.2. The number of hydrogen-bond acceptors (Lipinski definition) is 5. The van der Waals surface area contributed by atoms with E-state index in [0.29, 0.717) is 49.4 Å². The molecule has 0 N–H and O–H groups in total. The number of rotatable bonds is 5. The SMILES string of the molecule is COC(=O)C1CCN(CC(=O)N(C)C2(c3ccccc3Cl)CCCCC2=O)CC1. The minimum atomic E-state index is -1.00. The highest BCUT2D eigenvalue weighted by molar-refractivity contribution is 6.31. The van der Waals surface area contributed by atoms with Crippen LogP contribution < -0.4 is 0 Å². The van der Waals surface area contributed by atoms with Crippen LogP contribution >= 0.6 is 11.6 Å². The molecule has 1 aromatic carbocycles. The van der Waals surface area contributed by atoms with Gasteiger partial charge in [-0.2, -0.15) is 0 Å². The van der Waals surface area contributed by atoms with E-state index in [1.165, 1.54) is 7.11 Å². The van der Waals surface area contributed by atoms with Crippen molar-refractivity contribution in [1.82, 2.24) is 9.80 Å². The zero-order valence-electron chi connectivity index (χ0n) is 17.2. The fourth-order valence-electron chi connectivity index (χ4n) is 4.63. The third kappa shape index (κ3) is 4.33. The molecule has 6 nitrogen and oxygen atoms in total.